The molecule has 0 radical (unpaired) electrons. The number of hydrogen-bond donors (Lipinski definition) is 2. The molecule has 1 amide bonds. The number of amides is 1. The van der Waals surface area contributed by atoms with Gasteiger partial charge in [0.05, 0.1) is 5.69 Å². The van der Waals surface area contributed by atoms with Crippen molar-refractivity contribution in [1.29, 1.82) is 0 Å². The van der Waals surface area contributed by atoms with Gasteiger partial charge in [-0.3, -0.25) is 10.1 Å². The normalized spacial score (nSPS) is 18.2. The van der Waals surface area contributed by atoms with Crippen LogP contribution in [-0.2, 0) is 6.42 Å². The standard InChI is InChI=1S/C27H28N6OS2/c1-2-21-22(35-26(29-21)30-23(28)17-10-5-3-6-11-17)19-14-9-15-20(16-19)25-32-33-27(36-25)31-24(34)18-12-7-4-8-13-18/h3-8,10-13,19-20H,2,9,14-16H2,1H3,(H2,28,29,30)(H,31,33,34). The molecular weight excluding hydrogens is 488 g/mol. The third-order valence-corrected chi connectivity index (χ3v) is 8.58. The fraction of sp³-hybridized carbons (Fsp3) is 0.296. The smallest absolute Gasteiger partial charge is 0.257 e. The topological polar surface area (TPSA) is 106 Å². The monoisotopic (exact) mass is 516 g/mol. The first-order chi connectivity index (χ1) is 17.6. The SMILES string of the molecule is CCc1nc(N=C(N)c2ccccc2)sc1C1CCCC(c2nnc(NC(=O)c3ccccc3)s2)C1. The molecule has 0 aliphatic heterocycles. The quantitative estimate of drug-likeness (QED) is 0.222. The van der Waals surface area contributed by atoms with Crippen LogP contribution >= 0.6 is 22.7 Å². The lowest BCUT2D eigenvalue weighted by molar-refractivity contribution is 0.102. The molecule has 2 unspecified atom stereocenters. The summed E-state index contributed by atoms with van der Waals surface area (Å²) in [6.45, 7) is 2.14. The molecule has 1 aliphatic rings. The van der Waals surface area contributed by atoms with Gasteiger partial charge in [0.15, 0.2) is 0 Å². The van der Waals surface area contributed by atoms with E-state index in [9.17, 15) is 4.79 Å². The van der Waals surface area contributed by atoms with Gasteiger partial charge in [0.2, 0.25) is 10.3 Å². The maximum Gasteiger partial charge on any atom is 0.257 e. The number of hydrogen-bond acceptors (Lipinski definition) is 7. The van der Waals surface area contributed by atoms with Crippen LogP contribution in [0.15, 0.2) is 65.7 Å². The first kappa shape index (κ1) is 24.3. The molecule has 1 aliphatic carbocycles. The van der Waals surface area contributed by atoms with E-state index >= 15 is 0 Å². The number of anilines is 1. The maximum absolute atomic E-state index is 12.5. The van der Waals surface area contributed by atoms with E-state index in [-0.39, 0.29) is 5.91 Å². The average molecular weight is 517 g/mol. The summed E-state index contributed by atoms with van der Waals surface area (Å²) in [5, 5.41) is 13.8. The highest BCUT2D eigenvalue weighted by molar-refractivity contribution is 7.15. The second kappa shape index (κ2) is 11.1. The molecule has 3 N–H and O–H groups in total. The summed E-state index contributed by atoms with van der Waals surface area (Å²) in [6, 6.07) is 18.9. The second-order valence-corrected chi connectivity index (χ2v) is 10.9. The molecule has 2 atom stereocenters. The lowest BCUT2D eigenvalue weighted by atomic mass is 9.80. The van der Waals surface area contributed by atoms with Crippen LogP contribution in [0.2, 0.25) is 0 Å². The van der Waals surface area contributed by atoms with Crippen molar-refractivity contribution in [3.05, 3.63) is 87.4 Å². The number of aromatic nitrogens is 3. The van der Waals surface area contributed by atoms with Crippen molar-refractivity contribution in [3.8, 4) is 0 Å². The van der Waals surface area contributed by atoms with Gasteiger partial charge in [-0.05, 0) is 43.7 Å². The van der Waals surface area contributed by atoms with Gasteiger partial charge in [-0.1, -0.05) is 84.5 Å². The van der Waals surface area contributed by atoms with Crippen LogP contribution in [0.1, 0.15) is 75.9 Å². The Bertz CT molecular complexity index is 1350. The molecule has 7 nitrogen and oxygen atoms in total. The lowest BCUT2D eigenvalue weighted by Gasteiger charge is -2.27. The van der Waals surface area contributed by atoms with Crippen LogP contribution in [0, 0.1) is 0 Å². The highest BCUT2D eigenvalue weighted by atomic mass is 32.1. The zero-order chi connectivity index (χ0) is 24.9. The van der Waals surface area contributed by atoms with Crippen LogP contribution in [0.25, 0.3) is 0 Å². The number of carbonyl (C=O) groups excluding carboxylic acids is 1. The van der Waals surface area contributed by atoms with E-state index < -0.39 is 0 Å². The van der Waals surface area contributed by atoms with Crippen molar-refractivity contribution in [2.45, 2.75) is 50.9 Å². The van der Waals surface area contributed by atoms with E-state index in [1.165, 1.54) is 16.2 Å². The molecule has 2 aromatic carbocycles. The first-order valence-electron chi connectivity index (χ1n) is 12.2. The van der Waals surface area contributed by atoms with E-state index in [1.54, 1.807) is 23.5 Å². The van der Waals surface area contributed by atoms with Crippen LogP contribution in [-0.4, -0.2) is 26.9 Å². The van der Waals surface area contributed by atoms with Gasteiger partial charge in [-0.15, -0.1) is 10.2 Å². The van der Waals surface area contributed by atoms with E-state index in [4.69, 9.17) is 10.7 Å². The molecule has 1 fully saturated rings. The second-order valence-electron chi connectivity index (χ2n) is 8.85. The van der Waals surface area contributed by atoms with Crippen molar-refractivity contribution < 1.29 is 4.79 Å². The molecule has 36 heavy (non-hydrogen) atoms. The zero-order valence-electron chi connectivity index (χ0n) is 20.1. The Morgan fingerprint density at radius 2 is 1.69 bits per heavy atom. The number of benzene rings is 2. The van der Waals surface area contributed by atoms with Crippen LogP contribution in [0.4, 0.5) is 10.3 Å². The predicted molar refractivity (Wildman–Crippen MR) is 147 cm³/mol. The van der Waals surface area contributed by atoms with Crippen molar-refractivity contribution in [2.24, 2.45) is 10.7 Å². The molecule has 2 heterocycles. The van der Waals surface area contributed by atoms with Crippen molar-refractivity contribution in [3.63, 3.8) is 0 Å². The number of aliphatic imine (C=N–C) groups is 1. The fourth-order valence-electron chi connectivity index (χ4n) is 4.61. The third kappa shape index (κ3) is 5.52. The Labute approximate surface area is 218 Å². The summed E-state index contributed by atoms with van der Waals surface area (Å²) >= 11 is 3.13. The molecule has 0 bridgehead atoms. The van der Waals surface area contributed by atoms with Gasteiger partial charge >= 0.3 is 0 Å². The van der Waals surface area contributed by atoms with Gasteiger partial charge in [0.1, 0.15) is 10.8 Å². The number of carbonyl (C=O) groups is 1. The minimum absolute atomic E-state index is 0.167. The first-order valence-corrected chi connectivity index (χ1v) is 13.8. The van der Waals surface area contributed by atoms with Gasteiger partial charge in [-0.25, -0.2) is 9.98 Å². The molecule has 184 valence electrons. The van der Waals surface area contributed by atoms with Gasteiger partial charge in [0.25, 0.3) is 5.91 Å². The van der Waals surface area contributed by atoms with Crippen molar-refractivity contribution in [2.75, 3.05) is 5.32 Å². The number of aryl methyl sites for hydroxylation is 1. The highest BCUT2D eigenvalue weighted by Gasteiger charge is 2.30. The number of nitrogens with one attached hydrogen (secondary N) is 1. The molecule has 0 spiro atoms. The minimum atomic E-state index is -0.167. The third-order valence-electron chi connectivity index (χ3n) is 6.43. The van der Waals surface area contributed by atoms with E-state index in [0.29, 0.717) is 33.5 Å². The Kier molecular flexibility index (Phi) is 7.48. The number of amidine groups is 1. The average Bonchev–Trinajstić information content (AvgIpc) is 3.57. The van der Waals surface area contributed by atoms with E-state index in [0.717, 1.165) is 48.4 Å². The Hall–Kier alpha value is -3.43. The summed E-state index contributed by atoms with van der Waals surface area (Å²) < 4.78 is 0. The van der Waals surface area contributed by atoms with Crippen LogP contribution < -0.4 is 11.1 Å². The molecule has 0 saturated heterocycles. The minimum Gasteiger partial charge on any atom is -0.383 e. The largest absolute Gasteiger partial charge is 0.383 e. The summed E-state index contributed by atoms with van der Waals surface area (Å²) in [4.78, 5) is 23.2. The van der Waals surface area contributed by atoms with Gasteiger partial charge in [0, 0.05) is 21.9 Å². The summed E-state index contributed by atoms with van der Waals surface area (Å²) in [5.74, 6) is 1.04. The Balaban J connectivity index is 1.30. The van der Waals surface area contributed by atoms with Crippen LogP contribution in [0.5, 0.6) is 0 Å². The van der Waals surface area contributed by atoms with Gasteiger partial charge in [-0.2, -0.15) is 0 Å². The van der Waals surface area contributed by atoms with Crippen LogP contribution in [0.3, 0.4) is 0 Å². The number of rotatable bonds is 7. The maximum atomic E-state index is 12.5. The zero-order valence-corrected chi connectivity index (χ0v) is 21.7. The number of nitrogens with zero attached hydrogens (tertiary/aromatic N) is 4. The van der Waals surface area contributed by atoms with E-state index in [2.05, 4.69) is 27.4 Å². The molecule has 5 rings (SSSR count). The molecule has 2 aromatic heterocycles. The molecule has 9 heteroatoms. The summed E-state index contributed by atoms with van der Waals surface area (Å²) in [5.41, 5.74) is 8.87. The lowest BCUT2D eigenvalue weighted by Crippen LogP contribution is -2.13. The summed E-state index contributed by atoms with van der Waals surface area (Å²) in [7, 11) is 0. The van der Waals surface area contributed by atoms with Crippen molar-refractivity contribution in [1.82, 2.24) is 15.2 Å². The fourth-order valence-corrected chi connectivity index (χ4v) is 6.68. The number of nitrogens with two attached hydrogens (primary N) is 1. The Morgan fingerprint density at radius 1 is 1.00 bits per heavy atom. The molecule has 1 saturated carbocycles. The van der Waals surface area contributed by atoms with Gasteiger partial charge < -0.3 is 5.73 Å². The van der Waals surface area contributed by atoms with E-state index in [1.807, 2.05) is 48.5 Å². The molecule has 4 aromatic rings. The predicted octanol–water partition coefficient (Wildman–Crippen LogP) is 6.29. The Morgan fingerprint density at radius 3 is 2.42 bits per heavy atom. The highest BCUT2D eigenvalue weighted by Crippen LogP contribution is 2.46. The molecular formula is C27H28N6OS2. The van der Waals surface area contributed by atoms with Crippen molar-refractivity contribution >= 4 is 44.7 Å². The summed E-state index contributed by atoms with van der Waals surface area (Å²) in [6.07, 6.45) is 5.17. The number of thiazole rings is 1.